The first-order chi connectivity index (χ1) is 6.25. The molecule has 2 fully saturated rings. The van der Waals surface area contributed by atoms with Gasteiger partial charge in [-0.1, -0.05) is 0 Å². The average Bonchev–Trinajstić information content (AvgIpc) is 2.80. The lowest BCUT2D eigenvalue weighted by atomic mass is 10.00. The molecule has 3 nitrogen and oxygen atoms in total. The molecule has 0 radical (unpaired) electrons. The Hall–Kier alpha value is -0.860. The van der Waals surface area contributed by atoms with Crippen molar-refractivity contribution in [3.8, 4) is 0 Å². The molecular formula is C10H14O3. The zero-order chi connectivity index (χ0) is 9.42. The van der Waals surface area contributed by atoms with E-state index in [0.29, 0.717) is 18.9 Å². The van der Waals surface area contributed by atoms with Gasteiger partial charge in [-0.15, -0.1) is 0 Å². The van der Waals surface area contributed by atoms with Crippen molar-refractivity contribution in [2.24, 2.45) is 17.8 Å². The zero-order valence-electron chi connectivity index (χ0n) is 7.79. The fourth-order valence-electron chi connectivity index (χ4n) is 2.41. The van der Waals surface area contributed by atoms with E-state index in [4.69, 9.17) is 4.74 Å². The largest absolute Gasteiger partial charge is 0.466 e. The molecule has 0 aromatic rings. The molecule has 0 aliphatic heterocycles. The number of ether oxygens (including phenoxy) is 1. The Morgan fingerprint density at radius 2 is 2.38 bits per heavy atom. The van der Waals surface area contributed by atoms with Crippen molar-refractivity contribution in [1.29, 1.82) is 0 Å². The average molecular weight is 182 g/mol. The van der Waals surface area contributed by atoms with Crippen molar-refractivity contribution in [1.82, 2.24) is 0 Å². The molecule has 0 saturated heterocycles. The molecule has 2 saturated carbocycles. The summed E-state index contributed by atoms with van der Waals surface area (Å²) < 4.78 is 4.91. The summed E-state index contributed by atoms with van der Waals surface area (Å²) in [5, 5.41) is 0. The van der Waals surface area contributed by atoms with Crippen LogP contribution in [0.1, 0.15) is 26.2 Å². The van der Waals surface area contributed by atoms with Crippen molar-refractivity contribution >= 4 is 11.8 Å². The molecule has 3 heteroatoms. The highest BCUT2D eigenvalue weighted by Crippen LogP contribution is 2.54. The molecule has 0 aromatic carbocycles. The van der Waals surface area contributed by atoms with Crippen molar-refractivity contribution in [2.75, 3.05) is 6.61 Å². The number of esters is 1. The standard InChI is InChI=1S/C10H14O3/c1-2-13-10(12)9-6-4-3-5-7(11)8(6)9/h6,8-9H,2-5H2,1H3. The summed E-state index contributed by atoms with van der Waals surface area (Å²) in [5.41, 5.74) is 0. The Morgan fingerprint density at radius 3 is 3.00 bits per heavy atom. The number of Topliss-reactive ketones (excluding diaryl/α,β-unsaturated/α-hetero) is 1. The van der Waals surface area contributed by atoms with Crippen LogP contribution in [0.3, 0.4) is 0 Å². The van der Waals surface area contributed by atoms with Crippen molar-refractivity contribution in [2.45, 2.75) is 26.2 Å². The molecule has 3 atom stereocenters. The van der Waals surface area contributed by atoms with E-state index in [0.717, 1.165) is 12.8 Å². The van der Waals surface area contributed by atoms with Gasteiger partial charge in [0.1, 0.15) is 5.78 Å². The number of hydrogen-bond acceptors (Lipinski definition) is 3. The van der Waals surface area contributed by atoms with E-state index in [2.05, 4.69) is 0 Å². The minimum absolute atomic E-state index is 0.0211. The molecular weight excluding hydrogens is 168 g/mol. The summed E-state index contributed by atoms with van der Waals surface area (Å²) in [6, 6.07) is 0. The third kappa shape index (κ3) is 1.36. The summed E-state index contributed by atoms with van der Waals surface area (Å²) in [7, 11) is 0. The molecule has 13 heavy (non-hydrogen) atoms. The minimum Gasteiger partial charge on any atom is -0.466 e. The quantitative estimate of drug-likeness (QED) is 0.602. The predicted molar refractivity (Wildman–Crippen MR) is 46.0 cm³/mol. The fraction of sp³-hybridized carbons (Fsp3) is 0.800. The molecule has 3 unspecified atom stereocenters. The van der Waals surface area contributed by atoms with Crippen molar-refractivity contribution in [3.05, 3.63) is 0 Å². The van der Waals surface area contributed by atoms with Crippen LogP contribution >= 0.6 is 0 Å². The highest BCUT2D eigenvalue weighted by molar-refractivity contribution is 5.93. The first kappa shape index (κ1) is 8.73. The maximum atomic E-state index is 11.3. The molecule has 0 bridgehead atoms. The number of fused-ring (bicyclic) bond motifs is 1. The van der Waals surface area contributed by atoms with E-state index in [1.807, 2.05) is 0 Å². The Balaban J connectivity index is 1.97. The summed E-state index contributed by atoms with van der Waals surface area (Å²) in [4.78, 5) is 22.7. The van der Waals surface area contributed by atoms with Crippen LogP contribution in [0.2, 0.25) is 0 Å². The SMILES string of the molecule is CCOC(=O)C1C2CCCC(=O)C21. The second-order valence-corrected chi connectivity index (χ2v) is 3.83. The van der Waals surface area contributed by atoms with E-state index in [-0.39, 0.29) is 23.6 Å². The van der Waals surface area contributed by atoms with Crippen LogP contribution in [-0.2, 0) is 14.3 Å². The maximum absolute atomic E-state index is 11.3. The molecule has 0 spiro atoms. The van der Waals surface area contributed by atoms with E-state index < -0.39 is 0 Å². The summed E-state index contributed by atoms with van der Waals surface area (Å²) in [6.07, 6.45) is 2.65. The highest BCUT2D eigenvalue weighted by Gasteiger charge is 2.60. The summed E-state index contributed by atoms with van der Waals surface area (Å²) in [6.45, 7) is 2.22. The first-order valence-corrected chi connectivity index (χ1v) is 4.95. The van der Waals surface area contributed by atoms with Crippen molar-refractivity contribution in [3.63, 3.8) is 0 Å². The van der Waals surface area contributed by atoms with Crippen LogP contribution in [0, 0.1) is 17.8 Å². The number of carbonyl (C=O) groups excluding carboxylic acids is 2. The van der Waals surface area contributed by atoms with Gasteiger partial charge in [-0.05, 0) is 25.7 Å². The van der Waals surface area contributed by atoms with Gasteiger partial charge in [0.2, 0.25) is 0 Å². The lowest BCUT2D eigenvalue weighted by molar-refractivity contribution is -0.146. The first-order valence-electron chi connectivity index (χ1n) is 4.95. The van der Waals surface area contributed by atoms with Crippen LogP contribution in [0.4, 0.5) is 0 Å². The number of rotatable bonds is 2. The Morgan fingerprint density at radius 1 is 1.62 bits per heavy atom. The highest BCUT2D eigenvalue weighted by atomic mass is 16.5. The molecule has 2 aliphatic rings. The van der Waals surface area contributed by atoms with Gasteiger partial charge in [0, 0.05) is 12.3 Å². The normalized spacial score (nSPS) is 36.7. The Labute approximate surface area is 77.4 Å². The van der Waals surface area contributed by atoms with Gasteiger partial charge < -0.3 is 4.74 Å². The van der Waals surface area contributed by atoms with Gasteiger partial charge in [0.25, 0.3) is 0 Å². The Bertz CT molecular complexity index is 247. The Kier molecular flexibility index (Phi) is 2.10. The van der Waals surface area contributed by atoms with Crippen LogP contribution in [0.25, 0.3) is 0 Å². The van der Waals surface area contributed by atoms with Crippen LogP contribution in [-0.4, -0.2) is 18.4 Å². The summed E-state index contributed by atoms with van der Waals surface area (Å²) >= 11 is 0. The zero-order valence-corrected chi connectivity index (χ0v) is 7.79. The van der Waals surface area contributed by atoms with Crippen LogP contribution < -0.4 is 0 Å². The van der Waals surface area contributed by atoms with Gasteiger partial charge >= 0.3 is 5.97 Å². The number of hydrogen-bond donors (Lipinski definition) is 0. The van der Waals surface area contributed by atoms with Gasteiger partial charge in [-0.25, -0.2) is 0 Å². The lowest BCUT2D eigenvalue weighted by Gasteiger charge is -2.04. The topological polar surface area (TPSA) is 43.4 Å². The summed E-state index contributed by atoms with van der Waals surface area (Å²) in [5.74, 6) is 0.366. The second-order valence-electron chi connectivity index (χ2n) is 3.83. The van der Waals surface area contributed by atoms with E-state index in [1.165, 1.54) is 0 Å². The van der Waals surface area contributed by atoms with E-state index >= 15 is 0 Å². The smallest absolute Gasteiger partial charge is 0.309 e. The van der Waals surface area contributed by atoms with Gasteiger partial charge in [-0.3, -0.25) is 9.59 Å². The molecule has 0 aromatic heterocycles. The molecule has 0 N–H and O–H groups in total. The minimum atomic E-state index is -0.159. The van der Waals surface area contributed by atoms with Crippen LogP contribution in [0.15, 0.2) is 0 Å². The van der Waals surface area contributed by atoms with Gasteiger partial charge in [-0.2, -0.15) is 0 Å². The molecule has 2 aliphatic carbocycles. The predicted octanol–water partition coefficient (Wildman–Crippen LogP) is 1.16. The monoisotopic (exact) mass is 182 g/mol. The third-order valence-electron chi connectivity index (χ3n) is 3.06. The van der Waals surface area contributed by atoms with E-state index in [9.17, 15) is 9.59 Å². The van der Waals surface area contributed by atoms with Crippen LogP contribution in [0.5, 0.6) is 0 Å². The van der Waals surface area contributed by atoms with Gasteiger partial charge in [0.05, 0.1) is 12.5 Å². The molecule has 2 rings (SSSR count). The molecule has 0 heterocycles. The number of ketones is 1. The van der Waals surface area contributed by atoms with E-state index in [1.54, 1.807) is 6.92 Å². The lowest BCUT2D eigenvalue weighted by Crippen LogP contribution is -2.11. The number of carbonyl (C=O) groups is 2. The molecule has 0 amide bonds. The van der Waals surface area contributed by atoms with Crippen molar-refractivity contribution < 1.29 is 14.3 Å². The fourth-order valence-corrected chi connectivity index (χ4v) is 2.41. The maximum Gasteiger partial charge on any atom is 0.309 e. The second kappa shape index (κ2) is 3.13. The van der Waals surface area contributed by atoms with Gasteiger partial charge in [0.15, 0.2) is 0 Å². The molecule has 72 valence electrons. The third-order valence-corrected chi connectivity index (χ3v) is 3.06.